The zero-order chi connectivity index (χ0) is 17.5. The second kappa shape index (κ2) is 14.6. The fourth-order valence-electron chi connectivity index (χ4n) is 2.30. The summed E-state index contributed by atoms with van der Waals surface area (Å²) in [5.41, 5.74) is 0. The lowest BCUT2D eigenvalue weighted by Crippen LogP contribution is -2.40. The maximum Gasteiger partial charge on any atom is 0.304 e. The predicted octanol–water partition coefficient (Wildman–Crippen LogP) is 1.23. The molecule has 0 aromatic rings. The van der Waals surface area contributed by atoms with E-state index in [2.05, 4.69) is 18.8 Å². The van der Waals surface area contributed by atoms with Crippen LogP contribution in [-0.2, 0) is 4.79 Å². The van der Waals surface area contributed by atoms with Crippen LogP contribution in [0.25, 0.3) is 0 Å². The molecule has 0 aromatic carbocycles. The summed E-state index contributed by atoms with van der Waals surface area (Å²) in [5.74, 6) is -0.835. The van der Waals surface area contributed by atoms with Gasteiger partial charge in [-0.1, -0.05) is 25.8 Å². The number of carbonyl (C=O) groups is 1. The van der Waals surface area contributed by atoms with Gasteiger partial charge in [-0.2, -0.15) is 0 Å². The lowest BCUT2D eigenvalue weighted by molar-refractivity contribution is -0.137. The summed E-state index contributed by atoms with van der Waals surface area (Å²) in [6, 6.07) is 0. The average molecular weight is 330 g/mol. The number of carboxylic acid groups (broad SMARTS) is 1. The third-order valence-corrected chi connectivity index (χ3v) is 3.69. The fraction of sp³-hybridized carbons (Fsp3) is 0.824. The molecule has 0 bridgehead atoms. The molecule has 0 aliphatic rings. The third-order valence-electron chi connectivity index (χ3n) is 3.69. The molecular weight excluding hydrogens is 296 g/mol. The molecule has 6 heteroatoms. The smallest absolute Gasteiger partial charge is 0.304 e. The molecule has 0 aliphatic carbocycles. The highest BCUT2D eigenvalue weighted by atomic mass is 16.4. The second-order valence-corrected chi connectivity index (χ2v) is 5.96. The van der Waals surface area contributed by atoms with Crippen molar-refractivity contribution in [2.24, 2.45) is 0 Å². The molecular formula is C17H34N2O4. The third kappa shape index (κ3) is 14.4. The molecule has 6 nitrogen and oxygen atoms in total. The summed E-state index contributed by atoms with van der Waals surface area (Å²) in [5, 5.41) is 31.7. The van der Waals surface area contributed by atoms with Crippen LogP contribution in [0.1, 0.15) is 45.4 Å². The number of aliphatic carboxylic acids is 1. The number of allylic oxidation sites excluding steroid dienone is 1. The van der Waals surface area contributed by atoms with Crippen molar-refractivity contribution in [3.05, 3.63) is 12.7 Å². The minimum atomic E-state index is -0.835. The summed E-state index contributed by atoms with van der Waals surface area (Å²) in [6.07, 6.45) is 5.29. The molecule has 4 N–H and O–H groups in total. The van der Waals surface area contributed by atoms with Gasteiger partial charge in [0.2, 0.25) is 0 Å². The number of nitrogens with zero attached hydrogens (tertiary/aromatic N) is 1. The Kier molecular flexibility index (Phi) is 14.0. The summed E-state index contributed by atoms with van der Waals surface area (Å²) in [7, 11) is 0. The molecule has 0 spiro atoms. The Labute approximate surface area is 140 Å². The lowest BCUT2D eigenvalue weighted by Gasteiger charge is -2.25. The van der Waals surface area contributed by atoms with E-state index in [1.807, 2.05) is 4.90 Å². The molecule has 0 saturated heterocycles. The van der Waals surface area contributed by atoms with E-state index in [0.29, 0.717) is 39.1 Å². The van der Waals surface area contributed by atoms with E-state index in [0.717, 1.165) is 25.7 Å². The minimum absolute atomic E-state index is 0.0628. The van der Waals surface area contributed by atoms with Crippen LogP contribution in [0.2, 0.25) is 0 Å². The van der Waals surface area contributed by atoms with Crippen molar-refractivity contribution in [2.75, 3.05) is 32.7 Å². The fourth-order valence-corrected chi connectivity index (χ4v) is 2.30. The molecule has 0 rings (SSSR count). The van der Waals surface area contributed by atoms with Gasteiger partial charge in [-0.15, -0.1) is 6.58 Å². The summed E-state index contributed by atoms with van der Waals surface area (Å²) in [4.78, 5) is 12.7. The van der Waals surface area contributed by atoms with Crippen LogP contribution >= 0.6 is 0 Å². The molecule has 0 amide bonds. The quantitative estimate of drug-likeness (QED) is 0.251. The Morgan fingerprint density at radius 2 is 2.00 bits per heavy atom. The Morgan fingerprint density at radius 1 is 1.26 bits per heavy atom. The lowest BCUT2D eigenvalue weighted by atomic mass is 10.1. The van der Waals surface area contributed by atoms with Gasteiger partial charge >= 0.3 is 5.97 Å². The molecule has 0 heterocycles. The highest BCUT2D eigenvalue weighted by Crippen LogP contribution is 2.02. The average Bonchev–Trinajstić information content (AvgIpc) is 2.52. The van der Waals surface area contributed by atoms with Crippen molar-refractivity contribution < 1.29 is 20.1 Å². The van der Waals surface area contributed by atoms with E-state index in [1.165, 1.54) is 0 Å². The number of aliphatic hydroxyl groups excluding tert-OH is 2. The maximum atomic E-state index is 10.7. The van der Waals surface area contributed by atoms with Gasteiger partial charge in [0.15, 0.2) is 0 Å². The first-order valence-electron chi connectivity index (χ1n) is 8.61. The second-order valence-electron chi connectivity index (χ2n) is 5.96. The predicted molar refractivity (Wildman–Crippen MR) is 92.5 cm³/mol. The molecule has 2 unspecified atom stereocenters. The van der Waals surface area contributed by atoms with Crippen molar-refractivity contribution >= 4 is 5.97 Å². The van der Waals surface area contributed by atoms with Crippen LogP contribution in [-0.4, -0.2) is 71.1 Å². The Hall–Kier alpha value is -0.950. The molecule has 23 heavy (non-hydrogen) atoms. The topological polar surface area (TPSA) is 93.0 Å². The van der Waals surface area contributed by atoms with E-state index in [4.69, 9.17) is 5.11 Å². The first kappa shape index (κ1) is 22.1. The largest absolute Gasteiger partial charge is 0.481 e. The molecule has 136 valence electrons. The van der Waals surface area contributed by atoms with Crippen molar-refractivity contribution in [1.29, 1.82) is 0 Å². The standard InChI is InChI=1S/C17H34N2O4/c1-3-5-7-15(20)13-18-10-12-19(11-9-17(22)23)14-16(21)8-6-4-2/h4,15-16,18,20-21H,2-3,5-14H2,1H3,(H,22,23). The van der Waals surface area contributed by atoms with Gasteiger partial charge in [-0.25, -0.2) is 0 Å². The van der Waals surface area contributed by atoms with Crippen molar-refractivity contribution in [1.82, 2.24) is 10.2 Å². The van der Waals surface area contributed by atoms with Gasteiger partial charge in [-0.3, -0.25) is 9.69 Å². The van der Waals surface area contributed by atoms with Crippen molar-refractivity contribution in [3.63, 3.8) is 0 Å². The van der Waals surface area contributed by atoms with E-state index < -0.39 is 12.1 Å². The number of rotatable bonds is 16. The van der Waals surface area contributed by atoms with Crippen LogP contribution in [0, 0.1) is 0 Å². The van der Waals surface area contributed by atoms with Gasteiger partial charge in [0.05, 0.1) is 18.6 Å². The number of nitrogens with one attached hydrogen (secondary N) is 1. The summed E-state index contributed by atoms with van der Waals surface area (Å²) < 4.78 is 0. The SMILES string of the molecule is C=CCCC(O)CN(CCNCC(O)CCCC)CCC(=O)O. The molecule has 0 saturated carbocycles. The number of carboxylic acids is 1. The number of unbranched alkanes of at least 4 members (excludes halogenated alkanes) is 1. The minimum Gasteiger partial charge on any atom is -0.481 e. The molecule has 0 aromatic heterocycles. The molecule has 0 fully saturated rings. The first-order chi connectivity index (χ1) is 11.0. The van der Waals surface area contributed by atoms with Crippen molar-refractivity contribution in [3.8, 4) is 0 Å². The van der Waals surface area contributed by atoms with E-state index in [9.17, 15) is 15.0 Å². The highest BCUT2D eigenvalue weighted by molar-refractivity contribution is 5.66. The number of aliphatic hydroxyl groups is 2. The number of hydrogen-bond acceptors (Lipinski definition) is 5. The molecule has 0 aliphatic heterocycles. The normalized spacial score (nSPS) is 13.9. The van der Waals surface area contributed by atoms with Gasteiger partial charge in [-0.05, 0) is 19.3 Å². The van der Waals surface area contributed by atoms with Crippen LogP contribution < -0.4 is 5.32 Å². The highest BCUT2D eigenvalue weighted by Gasteiger charge is 2.13. The Morgan fingerprint density at radius 3 is 2.61 bits per heavy atom. The maximum absolute atomic E-state index is 10.7. The van der Waals surface area contributed by atoms with Gasteiger partial charge in [0.1, 0.15) is 0 Å². The van der Waals surface area contributed by atoms with Crippen LogP contribution in [0.4, 0.5) is 0 Å². The van der Waals surface area contributed by atoms with Crippen LogP contribution in [0.15, 0.2) is 12.7 Å². The Bertz CT molecular complexity index is 313. The van der Waals surface area contributed by atoms with E-state index in [1.54, 1.807) is 6.08 Å². The monoisotopic (exact) mass is 330 g/mol. The zero-order valence-corrected chi connectivity index (χ0v) is 14.4. The van der Waals surface area contributed by atoms with E-state index >= 15 is 0 Å². The van der Waals surface area contributed by atoms with Gasteiger partial charge in [0.25, 0.3) is 0 Å². The van der Waals surface area contributed by atoms with Gasteiger partial charge in [0, 0.05) is 32.7 Å². The Balaban J connectivity index is 4.04. The number of hydrogen-bond donors (Lipinski definition) is 4. The van der Waals surface area contributed by atoms with Crippen LogP contribution in [0.5, 0.6) is 0 Å². The summed E-state index contributed by atoms with van der Waals surface area (Å²) >= 11 is 0. The summed E-state index contributed by atoms with van der Waals surface area (Å²) in [6.45, 7) is 8.47. The van der Waals surface area contributed by atoms with E-state index in [-0.39, 0.29) is 12.5 Å². The first-order valence-corrected chi connectivity index (χ1v) is 8.61. The zero-order valence-electron chi connectivity index (χ0n) is 14.4. The van der Waals surface area contributed by atoms with Crippen LogP contribution in [0.3, 0.4) is 0 Å². The molecule has 0 radical (unpaired) electrons. The van der Waals surface area contributed by atoms with Crippen molar-refractivity contribution in [2.45, 2.75) is 57.7 Å². The van der Waals surface area contributed by atoms with Gasteiger partial charge < -0.3 is 20.6 Å². The molecule has 2 atom stereocenters.